The van der Waals surface area contributed by atoms with Crippen LogP contribution >= 0.6 is 0 Å². The van der Waals surface area contributed by atoms with Crippen LogP contribution in [-0.2, 0) is 6.54 Å². The highest BCUT2D eigenvalue weighted by Gasteiger charge is 2.12. The smallest absolute Gasteiger partial charge is 0.272 e. The van der Waals surface area contributed by atoms with E-state index in [4.69, 9.17) is 4.74 Å². The molecule has 0 bridgehead atoms. The minimum absolute atomic E-state index is 0.0654. The summed E-state index contributed by atoms with van der Waals surface area (Å²) in [5.41, 5.74) is 0.734. The summed E-state index contributed by atoms with van der Waals surface area (Å²) < 4.78 is 30.9. The van der Waals surface area contributed by atoms with Crippen LogP contribution in [0.25, 0.3) is 5.65 Å². The number of carbonyl (C=O) groups excluding carboxylic acids is 1. The van der Waals surface area contributed by atoms with Crippen LogP contribution in [0.4, 0.5) is 8.78 Å². The molecule has 0 radical (unpaired) electrons. The maximum atomic E-state index is 12.2. The molecule has 7 nitrogen and oxygen atoms in total. The van der Waals surface area contributed by atoms with E-state index in [0.29, 0.717) is 11.5 Å². The fraction of sp³-hybridized carbons (Fsp3) is 0.200. The van der Waals surface area contributed by atoms with Crippen molar-refractivity contribution < 1.29 is 18.3 Å². The summed E-state index contributed by atoms with van der Waals surface area (Å²) in [7, 11) is 0. The number of nitrogens with zero attached hydrogens (tertiary/aromatic N) is 4. The first-order chi connectivity index (χ1) is 11.6. The zero-order valence-corrected chi connectivity index (χ0v) is 12.4. The van der Waals surface area contributed by atoms with Crippen LogP contribution in [0.3, 0.4) is 0 Å². The quantitative estimate of drug-likeness (QED) is 0.742. The van der Waals surface area contributed by atoms with Crippen molar-refractivity contribution in [1.82, 2.24) is 24.9 Å². The van der Waals surface area contributed by atoms with Crippen LogP contribution in [0, 0.1) is 0 Å². The van der Waals surface area contributed by atoms with Gasteiger partial charge in [0.1, 0.15) is 18.1 Å². The molecular formula is C15H13F2N5O2. The summed E-state index contributed by atoms with van der Waals surface area (Å²) in [4.78, 5) is 16.0. The molecule has 3 aromatic heterocycles. The lowest BCUT2D eigenvalue weighted by Gasteiger charge is -2.07. The van der Waals surface area contributed by atoms with Gasteiger partial charge >= 0.3 is 0 Å². The molecule has 0 saturated carbocycles. The molecule has 0 aliphatic carbocycles. The lowest BCUT2D eigenvalue weighted by Crippen LogP contribution is -2.25. The van der Waals surface area contributed by atoms with Gasteiger partial charge in [-0.1, -0.05) is 6.07 Å². The van der Waals surface area contributed by atoms with E-state index in [-0.39, 0.29) is 18.0 Å². The van der Waals surface area contributed by atoms with E-state index in [9.17, 15) is 13.6 Å². The van der Waals surface area contributed by atoms with Crippen LogP contribution in [0.1, 0.15) is 16.3 Å². The second-order valence-corrected chi connectivity index (χ2v) is 4.81. The Morgan fingerprint density at radius 2 is 2.17 bits per heavy atom. The molecule has 0 fully saturated rings. The van der Waals surface area contributed by atoms with Gasteiger partial charge in [-0.25, -0.2) is 8.78 Å². The van der Waals surface area contributed by atoms with Crippen molar-refractivity contribution in [1.29, 1.82) is 0 Å². The molecular weight excluding hydrogens is 320 g/mol. The zero-order chi connectivity index (χ0) is 16.9. The molecule has 0 atom stereocenters. The molecule has 0 aliphatic heterocycles. The Labute approximate surface area is 135 Å². The van der Waals surface area contributed by atoms with E-state index >= 15 is 0 Å². The molecule has 3 rings (SSSR count). The molecule has 0 spiro atoms. The number of carbonyl (C=O) groups is 1. The second-order valence-electron chi connectivity index (χ2n) is 4.81. The average molecular weight is 333 g/mol. The Morgan fingerprint density at radius 3 is 3.00 bits per heavy atom. The fourth-order valence-electron chi connectivity index (χ4n) is 2.05. The standard InChI is InChI=1S/C15H13F2N5O2/c16-12(17)9-24-10-4-5-18-11(7-10)15(23)19-8-14-21-20-13-3-1-2-6-22(13)14/h1-7,12H,8-9H2,(H,19,23). The van der Waals surface area contributed by atoms with Crippen molar-refractivity contribution in [3.05, 3.63) is 54.2 Å². The average Bonchev–Trinajstić information content (AvgIpc) is 3.01. The van der Waals surface area contributed by atoms with Gasteiger partial charge in [-0.3, -0.25) is 14.2 Å². The topological polar surface area (TPSA) is 81.4 Å². The Bertz CT molecular complexity index is 853. The van der Waals surface area contributed by atoms with Gasteiger partial charge in [-0.2, -0.15) is 0 Å². The van der Waals surface area contributed by atoms with E-state index < -0.39 is 18.9 Å². The maximum Gasteiger partial charge on any atom is 0.272 e. The summed E-state index contributed by atoms with van der Waals surface area (Å²) in [6, 6.07) is 8.17. The second kappa shape index (κ2) is 6.99. The number of aromatic nitrogens is 4. The summed E-state index contributed by atoms with van der Waals surface area (Å²) in [5, 5.41) is 10.6. The molecule has 3 aromatic rings. The molecule has 0 aliphatic rings. The molecule has 9 heteroatoms. The third-order valence-electron chi connectivity index (χ3n) is 3.13. The minimum atomic E-state index is -2.59. The maximum absolute atomic E-state index is 12.2. The normalized spacial score (nSPS) is 11.0. The Morgan fingerprint density at radius 1 is 1.29 bits per heavy atom. The number of amides is 1. The Kier molecular flexibility index (Phi) is 4.59. The molecule has 124 valence electrons. The predicted octanol–water partition coefficient (Wildman–Crippen LogP) is 1.70. The van der Waals surface area contributed by atoms with E-state index in [0.717, 1.165) is 0 Å². The fourth-order valence-corrected chi connectivity index (χ4v) is 2.05. The first-order valence-electron chi connectivity index (χ1n) is 7.07. The van der Waals surface area contributed by atoms with Crippen LogP contribution < -0.4 is 10.1 Å². The van der Waals surface area contributed by atoms with E-state index in [2.05, 4.69) is 20.5 Å². The third kappa shape index (κ3) is 3.62. The minimum Gasteiger partial charge on any atom is -0.488 e. The Hall–Kier alpha value is -3.10. The van der Waals surface area contributed by atoms with Crippen molar-refractivity contribution in [3.8, 4) is 5.75 Å². The first-order valence-corrected chi connectivity index (χ1v) is 7.07. The van der Waals surface area contributed by atoms with Crippen LogP contribution in [0.2, 0.25) is 0 Å². The van der Waals surface area contributed by atoms with Gasteiger partial charge in [0.2, 0.25) is 0 Å². The number of alkyl halides is 2. The molecule has 0 aromatic carbocycles. The van der Waals surface area contributed by atoms with Gasteiger partial charge in [0.25, 0.3) is 12.3 Å². The van der Waals surface area contributed by atoms with Crippen molar-refractivity contribution in [2.45, 2.75) is 13.0 Å². The highest BCUT2D eigenvalue weighted by molar-refractivity contribution is 5.92. The number of ether oxygens (including phenoxy) is 1. The first kappa shape index (κ1) is 15.8. The number of hydrogen-bond acceptors (Lipinski definition) is 5. The van der Waals surface area contributed by atoms with Crippen LogP contribution in [0.15, 0.2) is 42.7 Å². The molecule has 24 heavy (non-hydrogen) atoms. The molecule has 1 amide bonds. The summed E-state index contributed by atoms with van der Waals surface area (Å²) in [6.45, 7) is -0.593. The predicted molar refractivity (Wildman–Crippen MR) is 79.9 cm³/mol. The lowest BCUT2D eigenvalue weighted by molar-refractivity contribution is 0.0817. The van der Waals surface area contributed by atoms with E-state index in [1.165, 1.54) is 18.3 Å². The number of rotatable bonds is 6. The van der Waals surface area contributed by atoms with E-state index in [1.807, 2.05) is 12.1 Å². The molecule has 1 N–H and O–H groups in total. The van der Waals surface area contributed by atoms with Crippen molar-refractivity contribution in [3.63, 3.8) is 0 Å². The van der Waals surface area contributed by atoms with Crippen molar-refractivity contribution >= 4 is 11.6 Å². The van der Waals surface area contributed by atoms with Crippen molar-refractivity contribution in [2.24, 2.45) is 0 Å². The summed E-state index contributed by atoms with van der Waals surface area (Å²) >= 11 is 0. The number of halogens is 2. The SMILES string of the molecule is O=C(NCc1nnc2ccccn12)c1cc(OCC(F)F)ccn1. The number of fused-ring (bicyclic) bond motifs is 1. The molecule has 3 heterocycles. The molecule has 0 unspecified atom stereocenters. The zero-order valence-electron chi connectivity index (χ0n) is 12.4. The number of pyridine rings is 2. The van der Waals surface area contributed by atoms with Crippen molar-refractivity contribution in [2.75, 3.05) is 6.61 Å². The van der Waals surface area contributed by atoms with Gasteiger partial charge in [-0.15, -0.1) is 10.2 Å². The molecule has 0 saturated heterocycles. The monoisotopic (exact) mass is 333 g/mol. The largest absolute Gasteiger partial charge is 0.488 e. The third-order valence-corrected chi connectivity index (χ3v) is 3.13. The summed E-state index contributed by atoms with van der Waals surface area (Å²) in [5.74, 6) is 0.248. The van der Waals surface area contributed by atoms with E-state index in [1.54, 1.807) is 16.7 Å². The van der Waals surface area contributed by atoms with Gasteiger partial charge in [0.15, 0.2) is 11.5 Å². The summed E-state index contributed by atoms with van der Waals surface area (Å²) in [6.07, 6.45) is 0.521. The number of hydrogen-bond donors (Lipinski definition) is 1. The van der Waals surface area contributed by atoms with Crippen LogP contribution in [-0.4, -0.2) is 38.5 Å². The highest BCUT2D eigenvalue weighted by atomic mass is 19.3. The van der Waals surface area contributed by atoms with Gasteiger partial charge in [-0.05, 0) is 18.2 Å². The van der Waals surface area contributed by atoms with Gasteiger partial charge in [0, 0.05) is 18.5 Å². The highest BCUT2D eigenvalue weighted by Crippen LogP contribution is 2.12. The van der Waals surface area contributed by atoms with Crippen LogP contribution in [0.5, 0.6) is 5.75 Å². The lowest BCUT2D eigenvalue weighted by atomic mass is 10.3. The Balaban J connectivity index is 1.65. The van der Waals surface area contributed by atoms with Gasteiger partial charge < -0.3 is 10.1 Å². The number of nitrogens with one attached hydrogen (secondary N) is 1. The van der Waals surface area contributed by atoms with Gasteiger partial charge in [0.05, 0.1) is 6.54 Å².